The molecule has 2 amide bonds. The van der Waals surface area contributed by atoms with Gasteiger partial charge in [0.25, 0.3) is 11.8 Å². The number of fused-ring (bicyclic) bond motifs is 2. The third-order valence-electron chi connectivity index (χ3n) is 5.96. The molecule has 1 aliphatic carbocycles. The van der Waals surface area contributed by atoms with Gasteiger partial charge in [0.2, 0.25) is 0 Å². The molecule has 1 aliphatic rings. The number of aryl methyl sites for hydroxylation is 1. The number of carbonyl (C=O) groups is 2. The second-order valence-corrected chi connectivity index (χ2v) is 8.20. The number of nitrogens with zero attached hydrogens (tertiary/aromatic N) is 1. The van der Waals surface area contributed by atoms with Gasteiger partial charge in [0.05, 0.1) is 5.71 Å². The summed E-state index contributed by atoms with van der Waals surface area (Å²) in [6.45, 7) is 1.80. The van der Waals surface area contributed by atoms with Crippen LogP contribution in [-0.4, -0.2) is 17.5 Å². The fourth-order valence-corrected chi connectivity index (χ4v) is 4.32. The minimum absolute atomic E-state index is 0.185. The highest BCUT2D eigenvalue weighted by Gasteiger charge is 2.28. The van der Waals surface area contributed by atoms with E-state index in [0.29, 0.717) is 41.1 Å². The lowest BCUT2D eigenvalue weighted by Gasteiger charge is -2.13. The molecular weight excluding hydrogens is 433 g/mol. The Morgan fingerprint density at radius 2 is 1.71 bits per heavy atom. The Morgan fingerprint density at radius 3 is 2.53 bits per heavy atom. The molecule has 170 valence electrons. The zero-order valence-electron chi connectivity index (χ0n) is 18.5. The number of amides is 2. The third kappa shape index (κ3) is 4.08. The van der Waals surface area contributed by atoms with E-state index < -0.39 is 5.91 Å². The van der Waals surface area contributed by atoms with E-state index in [0.717, 1.165) is 22.8 Å². The van der Waals surface area contributed by atoms with Crippen molar-refractivity contribution in [2.45, 2.75) is 26.2 Å². The molecule has 0 fully saturated rings. The number of rotatable bonds is 4. The van der Waals surface area contributed by atoms with Crippen molar-refractivity contribution < 1.29 is 18.4 Å². The van der Waals surface area contributed by atoms with E-state index in [4.69, 9.17) is 4.42 Å². The molecule has 4 aromatic rings. The molecule has 1 heterocycles. The molecule has 0 aliphatic heterocycles. The number of hydrogen-bond acceptors (Lipinski definition) is 4. The van der Waals surface area contributed by atoms with Gasteiger partial charge in [-0.25, -0.2) is 9.82 Å². The largest absolute Gasteiger partial charge is 0.455 e. The summed E-state index contributed by atoms with van der Waals surface area (Å²) < 4.78 is 19.0. The number of hydrazone groups is 1. The van der Waals surface area contributed by atoms with Crippen molar-refractivity contribution >= 4 is 34.0 Å². The number of carbonyl (C=O) groups excluding carboxylic acids is 2. The molecular formula is C27H22FN3O3. The standard InChI is InChI=1S/C27H22FN3O3/c1-16-24-22(30-31-26(32)21-9-4-7-17-6-2-3-8-20(17)21)10-5-11-23(24)34-25(16)27(33)29-19-14-12-18(28)13-15-19/h2-4,6-9,12-15H,5,10-11H2,1H3,(H,29,33)(H,31,32)/b30-22+. The summed E-state index contributed by atoms with van der Waals surface area (Å²) in [4.78, 5) is 25.7. The van der Waals surface area contributed by atoms with Crippen molar-refractivity contribution in [2.24, 2.45) is 5.10 Å². The molecule has 6 nitrogen and oxygen atoms in total. The van der Waals surface area contributed by atoms with E-state index in [1.54, 1.807) is 13.0 Å². The zero-order valence-corrected chi connectivity index (χ0v) is 18.5. The monoisotopic (exact) mass is 455 g/mol. The van der Waals surface area contributed by atoms with Crippen molar-refractivity contribution in [1.29, 1.82) is 0 Å². The Morgan fingerprint density at radius 1 is 0.941 bits per heavy atom. The molecule has 0 bridgehead atoms. The van der Waals surface area contributed by atoms with Crippen LogP contribution in [-0.2, 0) is 6.42 Å². The molecule has 0 spiro atoms. The highest BCUT2D eigenvalue weighted by atomic mass is 19.1. The summed E-state index contributed by atoms with van der Waals surface area (Å²) in [5.41, 5.74) is 5.79. The van der Waals surface area contributed by atoms with E-state index in [-0.39, 0.29) is 17.5 Å². The summed E-state index contributed by atoms with van der Waals surface area (Å²) in [7, 11) is 0. The van der Waals surface area contributed by atoms with Gasteiger partial charge in [0.1, 0.15) is 11.6 Å². The average molecular weight is 455 g/mol. The van der Waals surface area contributed by atoms with Crippen LogP contribution in [0.2, 0.25) is 0 Å². The first-order valence-corrected chi connectivity index (χ1v) is 11.1. The third-order valence-corrected chi connectivity index (χ3v) is 5.96. The van der Waals surface area contributed by atoms with Crippen LogP contribution in [0.15, 0.2) is 76.2 Å². The van der Waals surface area contributed by atoms with Gasteiger partial charge >= 0.3 is 0 Å². The van der Waals surface area contributed by atoms with Gasteiger partial charge in [-0.05, 0) is 60.9 Å². The Balaban J connectivity index is 1.40. The van der Waals surface area contributed by atoms with Crippen LogP contribution >= 0.6 is 0 Å². The lowest BCUT2D eigenvalue weighted by atomic mass is 9.93. The molecule has 1 aromatic heterocycles. The first-order chi connectivity index (χ1) is 16.5. The van der Waals surface area contributed by atoms with E-state index in [1.165, 1.54) is 24.3 Å². The number of benzene rings is 3. The molecule has 0 unspecified atom stereocenters. The minimum atomic E-state index is -0.419. The molecule has 7 heteroatoms. The molecule has 0 atom stereocenters. The van der Waals surface area contributed by atoms with Crippen LogP contribution in [0.25, 0.3) is 10.8 Å². The van der Waals surface area contributed by atoms with Crippen LogP contribution in [0.3, 0.4) is 0 Å². The molecule has 34 heavy (non-hydrogen) atoms. The smallest absolute Gasteiger partial charge is 0.291 e. The number of furan rings is 1. The van der Waals surface area contributed by atoms with Crippen molar-refractivity contribution in [2.75, 3.05) is 5.32 Å². The van der Waals surface area contributed by atoms with E-state index in [9.17, 15) is 14.0 Å². The maximum absolute atomic E-state index is 13.1. The molecule has 5 rings (SSSR count). The number of nitrogens with one attached hydrogen (secondary N) is 2. The zero-order chi connectivity index (χ0) is 23.7. The van der Waals surface area contributed by atoms with E-state index in [2.05, 4.69) is 15.8 Å². The van der Waals surface area contributed by atoms with Gasteiger partial charge in [-0.2, -0.15) is 5.10 Å². The second kappa shape index (κ2) is 8.94. The molecule has 0 saturated heterocycles. The predicted octanol–water partition coefficient (Wildman–Crippen LogP) is 5.60. The minimum Gasteiger partial charge on any atom is -0.455 e. The normalized spacial score (nSPS) is 14.1. The molecule has 0 saturated carbocycles. The van der Waals surface area contributed by atoms with Gasteiger partial charge in [0, 0.05) is 28.8 Å². The topological polar surface area (TPSA) is 83.7 Å². The quantitative estimate of drug-likeness (QED) is 0.393. The molecule has 3 aromatic carbocycles. The predicted molar refractivity (Wildman–Crippen MR) is 129 cm³/mol. The summed E-state index contributed by atoms with van der Waals surface area (Å²) in [5, 5.41) is 8.98. The lowest BCUT2D eigenvalue weighted by Crippen LogP contribution is -2.22. The second-order valence-electron chi connectivity index (χ2n) is 8.20. The summed E-state index contributed by atoms with van der Waals surface area (Å²) in [6, 6.07) is 18.8. The van der Waals surface area contributed by atoms with E-state index >= 15 is 0 Å². The fourth-order valence-electron chi connectivity index (χ4n) is 4.32. The Hall–Kier alpha value is -4.26. The van der Waals surface area contributed by atoms with Gasteiger partial charge in [0.15, 0.2) is 5.76 Å². The van der Waals surface area contributed by atoms with Crippen molar-refractivity contribution in [3.63, 3.8) is 0 Å². The maximum Gasteiger partial charge on any atom is 0.291 e. The van der Waals surface area contributed by atoms with Crippen molar-refractivity contribution in [3.05, 3.63) is 101 Å². The van der Waals surface area contributed by atoms with Gasteiger partial charge in [-0.3, -0.25) is 9.59 Å². The fraction of sp³-hybridized carbons (Fsp3) is 0.148. The number of anilines is 1. The first-order valence-electron chi connectivity index (χ1n) is 11.1. The van der Waals surface area contributed by atoms with Gasteiger partial charge < -0.3 is 9.73 Å². The van der Waals surface area contributed by atoms with Crippen LogP contribution in [0.1, 0.15) is 50.6 Å². The lowest BCUT2D eigenvalue weighted by molar-refractivity contribution is 0.0955. The van der Waals surface area contributed by atoms with Gasteiger partial charge in [-0.15, -0.1) is 0 Å². The first kappa shape index (κ1) is 21.6. The summed E-state index contributed by atoms with van der Waals surface area (Å²) in [5.74, 6) is -0.242. The maximum atomic E-state index is 13.1. The van der Waals surface area contributed by atoms with Crippen molar-refractivity contribution in [3.8, 4) is 0 Å². The average Bonchev–Trinajstić information content (AvgIpc) is 3.20. The SMILES string of the molecule is Cc1c(C(=O)Nc2ccc(F)cc2)oc2c1/C(=N/NC(=O)c1cccc3ccccc13)CCC2. The van der Waals surface area contributed by atoms with Gasteiger partial charge in [-0.1, -0.05) is 36.4 Å². The van der Waals surface area contributed by atoms with Crippen LogP contribution in [0.5, 0.6) is 0 Å². The number of hydrogen-bond donors (Lipinski definition) is 2. The molecule has 2 N–H and O–H groups in total. The Labute approximate surface area is 195 Å². The molecule has 0 radical (unpaired) electrons. The highest BCUT2D eigenvalue weighted by Crippen LogP contribution is 2.30. The van der Waals surface area contributed by atoms with Crippen LogP contribution in [0, 0.1) is 12.7 Å². The Bertz CT molecular complexity index is 1430. The number of halogens is 1. The van der Waals surface area contributed by atoms with Crippen LogP contribution < -0.4 is 10.7 Å². The highest BCUT2D eigenvalue weighted by molar-refractivity contribution is 6.11. The van der Waals surface area contributed by atoms with Crippen LogP contribution in [0.4, 0.5) is 10.1 Å². The summed E-state index contributed by atoms with van der Waals surface area (Å²) >= 11 is 0. The van der Waals surface area contributed by atoms with E-state index in [1.807, 2.05) is 36.4 Å². The summed E-state index contributed by atoms with van der Waals surface area (Å²) in [6.07, 6.45) is 2.13. The van der Waals surface area contributed by atoms with Crippen molar-refractivity contribution in [1.82, 2.24) is 5.43 Å². The Kier molecular flexibility index (Phi) is 5.67.